The predicted octanol–water partition coefficient (Wildman–Crippen LogP) is -0.343. The molecule has 0 aromatic heterocycles. The second-order valence-electron chi connectivity index (χ2n) is 5.15. The van der Waals surface area contributed by atoms with E-state index in [0.29, 0.717) is 0 Å². The van der Waals surface area contributed by atoms with Crippen molar-refractivity contribution in [3.8, 4) is 0 Å². The van der Waals surface area contributed by atoms with Crippen molar-refractivity contribution in [2.45, 2.75) is 31.7 Å². The number of piperidine rings is 2. The van der Waals surface area contributed by atoms with Crippen LogP contribution in [0.5, 0.6) is 0 Å². The van der Waals surface area contributed by atoms with Gasteiger partial charge in [0.2, 0.25) is 10.0 Å². The van der Waals surface area contributed by atoms with Gasteiger partial charge in [0.1, 0.15) is 0 Å². The molecule has 2 fully saturated rings. The van der Waals surface area contributed by atoms with Crippen molar-refractivity contribution in [3.63, 3.8) is 0 Å². The van der Waals surface area contributed by atoms with Crippen molar-refractivity contribution < 1.29 is 8.42 Å². The van der Waals surface area contributed by atoms with Crippen LogP contribution in [0.25, 0.3) is 0 Å². The van der Waals surface area contributed by atoms with Crippen LogP contribution in [0.2, 0.25) is 0 Å². The molecule has 2 unspecified atom stereocenters. The lowest BCUT2D eigenvalue weighted by molar-refractivity contribution is 0.395. The van der Waals surface area contributed by atoms with E-state index in [2.05, 4.69) is 15.4 Å². The molecule has 17 heavy (non-hydrogen) atoms. The summed E-state index contributed by atoms with van der Waals surface area (Å²) in [7, 11) is -3.11. The van der Waals surface area contributed by atoms with Crippen molar-refractivity contribution in [1.82, 2.24) is 15.4 Å². The Morgan fingerprint density at radius 1 is 1.06 bits per heavy atom. The Labute approximate surface area is 104 Å². The summed E-state index contributed by atoms with van der Waals surface area (Å²) in [5.41, 5.74) is 0. The zero-order valence-corrected chi connectivity index (χ0v) is 11.1. The summed E-state index contributed by atoms with van der Waals surface area (Å²) in [5.74, 6) is 0.550. The molecule has 2 saturated heterocycles. The highest BCUT2D eigenvalue weighted by molar-refractivity contribution is 7.89. The van der Waals surface area contributed by atoms with Crippen LogP contribution in [0.4, 0.5) is 0 Å². The van der Waals surface area contributed by atoms with Gasteiger partial charge in [-0.15, -0.1) is 0 Å². The van der Waals surface area contributed by atoms with Gasteiger partial charge < -0.3 is 10.6 Å². The molecular formula is C11H23N3O2S. The monoisotopic (exact) mass is 261 g/mol. The maximum Gasteiger partial charge on any atom is 0.212 e. The van der Waals surface area contributed by atoms with Crippen LogP contribution in [-0.2, 0) is 10.0 Å². The van der Waals surface area contributed by atoms with Gasteiger partial charge in [0.15, 0.2) is 0 Å². The number of hydrogen-bond acceptors (Lipinski definition) is 4. The average Bonchev–Trinajstić information content (AvgIpc) is 2.30. The quantitative estimate of drug-likeness (QED) is 0.647. The Balaban J connectivity index is 1.80. The zero-order valence-electron chi connectivity index (χ0n) is 10.2. The molecule has 0 aromatic carbocycles. The lowest BCUT2D eigenvalue weighted by Gasteiger charge is -2.26. The summed E-state index contributed by atoms with van der Waals surface area (Å²) < 4.78 is 26.8. The van der Waals surface area contributed by atoms with Crippen molar-refractivity contribution in [2.75, 3.05) is 31.9 Å². The third-order valence-corrected chi connectivity index (χ3v) is 5.10. The topological polar surface area (TPSA) is 70.2 Å². The Kier molecular flexibility index (Phi) is 4.78. The molecule has 100 valence electrons. The fraction of sp³-hybridized carbons (Fsp3) is 1.00. The average molecular weight is 261 g/mol. The molecule has 2 aliphatic heterocycles. The third kappa shape index (κ3) is 4.54. The molecule has 5 nitrogen and oxygen atoms in total. The van der Waals surface area contributed by atoms with E-state index >= 15 is 0 Å². The summed E-state index contributed by atoms with van der Waals surface area (Å²) in [6.45, 7) is 3.63. The van der Waals surface area contributed by atoms with Crippen LogP contribution in [0.3, 0.4) is 0 Å². The molecule has 6 heteroatoms. The molecule has 3 N–H and O–H groups in total. The second kappa shape index (κ2) is 6.13. The summed E-state index contributed by atoms with van der Waals surface area (Å²) in [4.78, 5) is 0. The molecular weight excluding hydrogens is 238 g/mol. The van der Waals surface area contributed by atoms with Gasteiger partial charge in [-0.1, -0.05) is 0 Å². The van der Waals surface area contributed by atoms with E-state index in [4.69, 9.17) is 0 Å². The Morgan fingerprint density at radius 2 is 1.76 bits per heavy atom. The fourth-order valence-corrected chi connectivity index (χ4v) is 4.34. The first-order chi connectivity index (χ1) is 8.16. The molecule has 2 heterocycles. The molecule has 2 aliphatic rings. The highest BCUT2D eigenvalue weighted by Crippen LogP contribution is 2.13. The lowest BCUT2D eigenvalue weighted by atomic mass is 10.0. The van der Waals surface area contributed by atoms with E-state index in [1.54, 1.807) is 0 Å². The number of hydrogen-bond donors (Lipinski definition) is 3. The normalized spacial score (nSPS) is 31.3. The maximum atomic E-state index is 12.0. The minimum Gasteiger partial charge on any atom is -0.316 e. The largest absolute Gasteiger partial charge is 0.316 e. The molecule has 0 aromatic rings. The van der Waals surface area contributed by atoms with Gasteiger partial charge in [-0.05, 0) is 51.2 Å². The third-order valence-electron chi connectivity index (χ3n) is 3.50. The second-order valence-corrected chi connectivity index (χ2v) is 6.95. The summed E-state index contributed by atoms with van der Waals surface area (Å²) in [6, 6.07) is 0.0882. The van der Waals surface area contributed by atoms with Gasteiger partial charge in [0.25, 0.3) is 0 Å². The predicted molar refractivity (Wildman–Crippen MR) is 68.4 cm³/mol. The van der Waals surface area contributed by atoms with Crippen LogP contribution in [0.15, 0.2) is 0 Å². The first kappa shape index (κ1) is 13.3. The number of rotatable bonds is 4. The van der Waals surface area contributed by atoms with Gasteiger partial charge >= 0.3 is 0 Å². The fourth-order valence-electron chi connectivity index (χ4n) is 2.63. The molecule has 0 saturated carbocycles. The number of nitrogens with one attached hydrogen (secondary N) is 3. The Hall–Kier alpha value is -0.170. The molecule has 2 rings (SSSR count). The van der Waals surface area contributed by atoms with E-state index < -0.39 is 10.0 Å². The van der Waals surface area contributed by atoms with Crippen molar-refractivity contribution in [2.24, 2.45) is 5.92 Å². The van der Waals surface area contributed by atoms with E-state index in [9.17, 15) is 8.42 Å². The van der Waals surface area contributed by atoms with Crippen molar-refractivity contribution in [3.05, 3.63) is 0 Å². The van der Waals surface area contributed by atoms with Crippen LogP contribution in [-0.4, -0.2) is 46.4 Å². The van der Waals surface area contributed by atoms with Crippen LogP contribution in [0.1, 0.15) is 25.7 Å². The molecule has 0 aliphatic carbocycles. The van der Waals surface area contributed by atoms with Crippen LogP contribution in [0, 0.1) is 5.92 Å². The van der Waals surface area contributed by atoms with Gasteiger partial charge in [-0.25, -0.2) is 13.1 Å². The van der Waals surface area contributed by atoms with Gasteiger partial charge in [0.05, 0.1) is 5.75 Å². The summed E-state index contributed by atoms with van der Waals surface area (Å²) in [6.07, 6.45) is 4.12. The number of sulfonamides is 1. The van der Waals surface area contributed by atoms with Gasteiger partial charge in [0, 0.05) is 12.6 Å². The minimum atomic E-state index is -3.11. The van der Waals surface area contributed by atoms with Crippen molar-refractivity contribution in [1.29, 1.82) is 0 Å². The summed E-state index contributed by atoms with van der Waals surface area (Å²) >= 11 is 0. The van der Waals surface area contributed by atoms with E-state index in [1.165, 1.54) is 0 Å². The minimum absolute atomic E-state index is 0.0882. The van der Waals surface area contributed by atoms with E-state index in [0.717, 1.165) is 51.9 Å². The maximum absolute atomic E-state index is 12.0. The summed E-state index contributed by atoms with van der Waals surface area (Å²) in [5, 5.41) is 6.48. The van der Waals surface area contributed by atoms with Crippen molar-refractivity contribution >= 4 is 10.0 Å². The molecule has 0 bridgehead atoms. The van der Waals surface area contributed by atoms with Crippen LogP contribution < -0.4 is 15.4 Å². The van der Waals surface area contributed by atoms with Gasteiger partial charge in [-0.3, -0.25) is 0 Å². The zero-order chi connectivity index (χ0) is 12.1. The highest BCUT2D eigenvalue weighted by atomic mass is 32.2. The first-order valence-electron chi connectivity index (χ1n) is 6.57. The van der Waals surface area contributed by atoms with E-state index in [-0.39, 0.29) is 17.7 Å². The molecule has 0 amide bonds. The molecule has 0 radical (unpaired) electrons. The van der Waals surface area contributed by atoms with E-state index in [1.807, 2.05) is 0 Å². The molecule has 0 spiro atoms. The lowest BCUT2D eigenvalue weighted by Crippen LogP contribution is -2.47. The van der Waals surface area contributed by atoms with Crippen LogP contribution >= 0.6 is 0 Å². The first-order valence-corrected chi connectivity index (χ1v) is 8.22. The standard InChI is InChI=1S/C11H23N3O2S/c15-17(16,9-10-3-1-5-12-7-10)14-11-4-2-6-13-8-11/h10-14H,1-9H2. The Morgan fingerprint density at radius 3 is 2.35 bits per heavy atom. The highest BCUT2D eigenvalue weighted by Gasteiger charge is 2.24. The van der Waals surface area contributed by atoms with Gasteiger partial charge in [-0.2, -0.15) is 0 Å². The SMILES string of the molecule is O=S(=O)(CC1CCCNC1)NC1CCCNC1. The smallest absolute Gasteiger partial charge is 0.212 e. The Bertz CT molecular complexity index is 294. The molecule has 2 atom stereocenters.